The number of hydrogen-bond acceptors (Lipinski definition) is 4. The lowest BCUT2D eigenvalue weighted by molar-refractivity contribution is -0.166. The van der Waals surface area contributed by atoms with Gasteiger partial charge in [0.05, 0.1) is 12.4 Å². The Morgan fingerprint density at radius 1 is 1.12 bits per heavy atom. The van der Waals surface area contributed by atoms with Gasteiger partial charge in [0.15, 0.2) is 0 Å². The molecule has 0 amide bonds. The van der Waals surface area contributed by atoms with Crippen LogP contribution in [-0.2, 0) is 14.3 Å². The summed E-state index contributed by atoms with van der Waals surface area (Å²) in [5.74, 6) is 2.86. The number of thiol groups is 1. The molecule has 2 saturated heterocycles. The predicted molar refractivity (Wildman–Crippen MR) is 106 cm³/mol. The second-order valence-corrected chi connectivity index (χ2v) is 10.0. The average Bonchev–Trinajstić information content (AvgIpc) is 3.33. The summed E-state index contributed by atoms with van der Waals surface area (Å²) < 4.78 is 10.7. The molecular formula is C20H24O3S2. The molecule has 25 heavy (non-hydrogen) atoms. The van der Waals surface area contributed by atoms with E-state index in [1.54, 1.807) is 11.8 Å². The Morgan fingerprint density at radius 2 is 1.92 bits per heavy atom. The summed E-state index contributed by atoms with van der Waals surface area (Å²) in [7, 11) is -0.000916. The molecule has 0 radical (unpaired) electrons. The molecular weight excluding hydrogens is 352 g/mol. The van der Waals surface area contributed by atoms with E-state index >= 15 is 0 Å². The van der Waals surface area contributed by atoms with Crippen molar-refractivity contribution in [3.63, 3.8) is 0 Å². The fourth-order valence-corrected chi connectivity index (χ4v) is 7.15. The molecule has 134 valence electrons. The van der Waals surface area contributed by atoms with E-state index in [4.69, 9.17) is 9.47 Å². The number of carbonyl (C=O) groups excluding carboxylic acids is 1. The van der Waals surface area contributed by atoms with E-state index in [0.717, 1.165) is 17.7 Å². The van der Waals surface area contributed by atoms with E-state index in [2.05, 4.69) is 36.4 Å². The highest BCUT2D eigenvalue weighted by molar-refractivity contribution is 8.17. The summed E-state index contributed by atoms with van der Waals surface area (Å²) in [6, 6.07) is 13.1. The van der Waals surface area contributed by atoms with Gasteiger partial charge in [0.2, 0.25) is 6.29 Å². The molecule has 3 nitrogen and oxygen atoms in total. The fraction of sp³-hybridized carbons (Fsp3) is 0.450. The topological polar surface area (TPSA) is 35.5 Å². The molecule has 0 N–H and O–H groups in total. The van der Waals surface area contributed by atoms with Gasteiger partial charge in [0.1, 0.15) is 0 Å². The molecule has 4 rings (SSSR count). The lowest BCUT2D eigenvalue weighted by atomic mass is 10.1. The van der Waals surface area contributed by atoms with Crippen molar-refractivity contribution >= 4 is 39.4 Å². The minimum Gasteiger partial charge on any atom is -0.435 e. The van der Waals surface area contributed by atoms with Crippen LogP contribution >= 0.6 is 22.7 Å². The minimum absolute atomic E-state index is 0.000916. The Hall–Kier alpha value is -1.17. The molecule has 2 aromatic carbocycles. The van der Waals surface area contributed by atoms with E-state index < -0.39 is 0 Å². The summed E-state index contributed by atoms with van der Waals surface area (Å²) in [5.41, 5.74) is 0. The molecule has 2 heterocycles. The molecule has 0 saturated carbocycles. The first-order valence-corrected chi connectivity index (χ1v) is 11.7. The van der Waals surface area contributed by atoms with Crippen LogP contribution in [0.5, 0.6) is 0 Å². The van der Waals surface area contributed by atoms with Gasteiger partial charge in [0.25, 0.3) is 0 Å². The second-order valence-electron chi connectivity index (χ2n) is 6.54. The molecule has 2 fully saturated rings. The molecule has 2 aliphatic heterocycles. The second kappa shape index (κ2) is 8.02. The number of carbonyl (C=O) groups is 1. The summed E-state index contributed by atoms with van der Waals surface area (Å²) in [5, 5.41) is 2.64. The van der Waals surface area contributed by atoms with Crippen LogP contribution in [0.2, 0.25) is 0 Å². The van der Waals surface area contributed by atoms with Gasteiger partial charge in [-0.1, -0.05) is 24.3 Å². The van der Waals surface area contributed by atoms with E-state index in [1.807, 2.05) is 0 Å². The number of rotatable bonds is 5. The van der Waals surface area contributed by atoms with Crippen molar-refractivity contribution in [1.82, 2.24) is 0 Å². The Bertz CT molecular complexity index is 750. The van der Waals surface area contributed by atoms with E-state index in [1.165, 1.54) is 40.0 Å². The maximum atomic E-state index is 12.1. The number of hydrogen-bond donors (Lipinski definition) is 1. The third kappa shape index (κ3) is 3.99. The third-order valence-electron chi connectivity index (χ3n) is 4.80. The molecule has 5 heteroatoms. The summed E-state index contributed by atoms with van der Waals surface area (Å²) >= 11 is 1.57. The lowest BCUT2D eigenvalue weighted by Crippen LogP contribution is -2.18. The van der Waals surface area contributed by atoms with Gasteiger partial charge in [-0.2, -0.15) is 0 Å². The monoisotopic (exact) mass is 376 g/mol. The van der Waals surface area contributed by atoms with Crippen LogP contribution in [0.15, 0.2) is 46.2 Å². The molecule has 1 atom stereocenters. The molecule has 1 unspecified atom stereocenters. The van der Waals surface area contributed by atoms with Gasteiger partial charge in [-0.25, -0.2) is 10.9 Å². The Kier molecular flexibility index (Phi) is 5.54. The first-order chi connectivity index (χ1) is 12.3. The van der Waals surface area contributed by atoms with Crippen LogP contribution in [0.4, 0.5) is 0 Å². The first-order valence-electron chi connectivity index (χ1n) is 9.02. The van der Waals surface area contributed by atoms with E-state index in [-0.39, 0.29) is 23.2 Å². The van der Waals surface area contributed by atoms with Crippen LogP contribution < -0.4 is 0 Å². The lowest BCUT2D eigenvalue weighted by Gasteiger charge is -2.19. The highest BCUT2D eigenvalue weighted by atomic mass is 32.2. The van der Waals surface area contributed by atoms with Crippen molar-refractivity contribution < 1.29 is 14.3 Å². The summed E-state index contributed by atoms with van der Waals surface area (Å²) in [6.07, 6.45) is 4.19. The number of fused-ring (bicyclic) bond motifs is 1. The van der Waals surface area contributed by atoms with Crippen molar-refractivity contribution in [2.45, 2.75) is 41.8 Å². The quantitative estimate of drug-likeness (QED) is 0.463. The molecule has 0 aromatic heterocycles. The van der Waals surface area contributed by atoms with Crippen molar-refractivity contribution in [1.29, 1.82) is 0 Å². The fourth-order valence-electron chi connectivity index (χ4n) is 3.57. The largest absolute Gasteiger partial charge is 0.435 e. The number of thioether (sulfide) groups is 1. The van der Waals surface area contributed by atoms with Gasteiger partial charge in [-0.05, 0) is 58.6 Å². The van der Waals surface area contributed by atoms with Crippen molar-refractivity contribution in [3.05, 3.63) is 36.4 Å². The van der Waals surface area contributed by atoms with Gasteiger partial charge in [-0.3, -0.25) is 4.79 Å². The standard InChI is InChI=1S/C20H24O3S2/c21-19(23-20-8-5-11-22-20)14-24-17-9-10-18(25-12-3-4-13-25)16-7-2-1-6-15(16)17/h1-2,6-7,9-10,20,25H,3-5,8,11-14H2. The number of ether oxygens (including phenoxy) is 2. The van der Waals surface area contributed by atoms with Crippen LogP contribution in [0, 0.1) is 0 Å². The van der Waals surface area contributed by atoms with Crippen LogP contribution in [0.1, 0.15) is 25.7 Å². The number of benzene rings is 2. The Balaban J connectivity index is 1.49. The zero-order chi connectivity index (χ0) is 17.1. The van der Waals surface area contributed by atoms with Gasteiger partial charge >= 0.3 is 5.97 Å². The molecule has 0 bridgehead atoms. The average molecular weight is 377 g/mol. The highest BCUT2D eigenvalue weighted by Crippen LogP contribution is 2.47. The predicted octanol–water partition coefficient (Wildman–Crippen LogP) is 4.77. The SMILES string of the molecule is O=C(CSc1ccc([SH]2CCCC2)c2ccccc12)OC1CCCO1. The maximum absolute atomic E-state index is 12.1. The zero-order valence-electron chi connectivity index (χ0n) is 14.3. The van der Waals surface area contributed by atoms with Crippen LogP contribution in [-0.4, -0.2) is 36.1 Å². The Labute approximate surface area is 155 Å². The van der Waals surface area contributed by atoms with Crippen LogP contribution in [0.3, 0.4) is 0 Å². The summed E-state index contributed by atoms with van der Waals surface area (Å²) in [4.78, 5) is 14.8. The molecule has 2 aromatic rings. The van der Waals surface area contributed by atoms with Crippen LogP contribution in [0.25, 0.3) is 10.8 Å². The van der Waals surface area contributed by atoms with E-state index in [0.29, 0.717) is 12.4 Å². The smallest absolute Gasteiger partial charge is 0.318 e. The Morgan fingerprint density at radius 3 is 2.68 bits per heavy atom. The van der Waals surface area contributed by atoms with Crippen molar-refractivity contribution in [2.75, 3.05) is 23.9 Å². The van der Waals surface area contributed by atoms with E-state index in [9.17, 15) is 4.79 Å². The number of esters is 1. The third-order valence-corrected chi connectivity index (χ3v) is 8.63. The first kappa shape index (κ1) is 17.3. The van der Waals surface area contributed by atoms with Gasteiger partial charge in [-0.15, -0.1) is 11.8 Å². The minimum atomic E-state index is -0.336. The normalized spacial score (nSPS) is 21.8. The molecule has 0 spiro atoms. The maximum Gasteiger partial charge on any atom is 0.318 e. The van der Waals surface area contributed by atoms with Gasteiger partial charge < -0.3 is 9.47 Å². The molecule has 0 aliphatic carbocycles. The van der Waals surface area contributed by atoms with Gasteiger partial charge in [0, 0.05) is 11.3 Å². The summed E-state index contributed by atoms with van der Waals surface area (Å²) in [6.45, 7) is 0.695. The van der Waals surface area contributed by atoms with Crippen molar-refractivity contribution in [3.8, 4) is 0 Å². The zero-order valence-corrected chi connectivity index (χ0v) is 16.0. The highest BCUT2D eigenvalue weighted by Gasteiger charge is 2.20. The van der Waals surface area contributed by atoms with Crippen molar-refractivity contribution in [2.24, 2.45) is 0 Å². The molecule has 2 aliphatic rings.